The Labute approximate surface area is 146 Å². The predicted molar refractivity (Wildman–Crippen MR) is 97.5 cm³/mol. The summed E-state index contributed by atoms with van der Waals surface area (Å²) in [5, 5.41) is 7.87. The standard InChI is InChI=1S/C18H12N2O2S2/c21-17(15-3-1-9-22-15)19-13-7-5-12(6-8-13)18-20-14(11-24-18)16-4-2-10-23-16/h1-11H,(H,19,21). The molecule has 3 aromatic heterocycles. The van der Waals surface area contributed by atoms with E-state index in [9.17, 15) is 4.79 Å². The number of aromatic nitrogens is 1. The predicted octanol–water partition coefficient (Wildman–Crippen LogP) is 5.38. The van der Waals surface area contributed by atoms with E-state index in [1.54, 1.807) is 34.8 Å². The molecule has 0 spiro atoms. The number of hydrogen-bond acceptors (Lipinski definition) is 5. The molecule has 0 bridgehead atoms. The highest BCUT2D eigenvalue weighted by molar-refractivity contribution is 7.15. The SMILES string of the molecule is O=C(Nc1ccc(-c2nc(-c3cccs3)cs2)cc1)c1ccco1. The minimum Gasteiger partial charge on any atom is -0.459 e. The summed E-state index contributed by atoms with van der Waals surface area (Å²) < 4.78 is 5.08. The van der Waals surface area contributed by atoms with Gasteiger partial charge in [0.25, 0.3) is 5.91 Å². The largest absolute Gasteiger partial charge is 0.459 e. The molecule has 4 rings (SSSR count). The quantitative estimate of drug-likeness (QED) is 0.536. The number of carbonyl (C=O) groups is 1. The van der Waals surface area contributed by atoms with Crippen LogP contribution in [0.2, 0.25) is 0 Å². The van der Waals surface area contributed by atoms with Gasteiger partial charge in [0, 0.05) is 16.6 Å². The van der Waals surface area contributed by atoms with Crippen LogP contribution in [0, 0.1) is 0 Å². The fraction of sp³-hybridized carbons (Fsp3) is 0. The highest BCUT2D eigenvalue weighted by atomic mass is 32.1. The molecular weight excluding hydrogens is 340 g/mol. The van der Waals surface area contributed by atoms with Crippen molar-refractivity contribution in [3.63, 3.8) is 0 Å². The van der Waals surface area contributed by atoms with Gasteiger partial charge >= 0.3 is 0 Å². The zero-order valence-electron chi connectivity index (χ0n) is 12.4. The second-order valence-corrected chi connectivity index (χ2v) is 6.83. The molecule has 4 aromatic rings. The Hall–Kier alpha value is -2.70. The molecular formula is C18H12N2O2S2. The first-order valence-corrected chi connectivity index (χ1v) is 9.00. The van der Waals surface area contributed by atoms with E-state index in [-0.39, 0.29) is 5.91 Å². The molecule has 0 fully saturated rings. The molecule has 0 unspecified atom stereocenters. The number of nitrogens with zero attached hydrogens (tertiary/aromatic N) is 1. The molecule has 1 amide bonds. The lowest BCUT2D eigenvalue weighted by atomic mass is 10.2. The normalized spacial score (nSPS) is 10.7. The Morgan fingerprint density at radius 3 is 2.62 bits per heavy atom. The van der Waals surface area contributed by atoms with Gasteiger partial charge in [-0.15, -0.1) is 22.7 Å². The van der Waals surface area contributed by atoms with E-state index in [2.05, 4.69) is 21.7 Å². The zero-order chi connectivity index (χ0) is 16.4. The molecule has 6 heteroatoms. The van der Waals surface area contributed by atoms with Crippen LogP contribution in [0.1, 0.15) is 10.6 Å². The molecule has 0 saturated carbocycles. The van der Waals surface area contributed by atoms with Gasteiger partial charge in [-0.2, -0.15) is 0 Å². The van der Waals surface area contributed by atoms with E-state index >= 15 is 0 Å². The summed E-state index contributed by atoms with van der Waals surface area (Å²) >= 11 is 3.29. The third kappa shape index (κ3) is 3.02. The summed E-state index contributed by atoms with van der Waals surface area (Å²) in [6.07, 6.45) is 1.48. The zero-order valence-corrected chi connectivity index (χ0v) is 14.1. The average molecular weight is 352 g/mol. The Bertz CT molecular complexity index is 940. The first-order valence-electron chi connectivity index (χ1n) is 7.24. The fourth-order valence-electron chi connectivity index (χ4n) is 2.24. The number of nitrogens with one attached hydrogen (secondary N) is 1. The number of furan rings is 1. The van der Waals surface area contributed by atoms with Gasteiger partial charge in [-0.05, 0) is 47.8 Å². The fourth-order valence-corrected chi connectivity index (χ4v) is 3.83. The monoisotopic (exact) mass is 352 g/mol. The van der Waals surface area contributed by atoms with Gasteiger partial charge in [-0.1, -0.05) is 6.07 Å². The summed E-state index contributed by atoms with van der Waals surface area (Å²) in [7, 11) is 0. The summed E-state index contributed by atoms with van der Waals surface area (Å²) in [6, 6.07) is 15.0. The highest BCUT2D eigenvalue weighted by Crippen LogP contribution is 2.31. The second kappa shape index (κ2) is 6.43. The first-order chi connectivity index (χ1) is 11.8. The molecule has 0 radical (unpaired) electrons. The van der Waals surface area contributed by atoms with Gasteiger partial charge in [0.1, 0.15) is 5.01 Å². The molecule has 0 aliphatic rings. The van der Waals surface area contributed by atoms with E-state index in [1.807, 2.05) is 35.7 Å². The number of rotatable bonds is 4. The number of carbonyl (C=O) groups excluding carboxylic acids is 1. The van der Waals surface area contributed by atoms with E-state index in [0.29, 0.717) is 5.76 Å². The Balaban J connectivity index is 1.51. The molecule has 3 heterocycles. The van der Waals surface area contributed by atoms with Crippen molar-refractivity contribution in [1.82, 2.24) is 4.98 Å². The Morgan fingerprint density at radius 2 is 1.92 bits per heavy atom. The number of thiophene rings is 1. The minimum atomic E-state index is -0.262. The number of amides is 1. The highest BCUT2D eigenvalue weighted by Gasteiger charge is 2.10. The Kier molecular flexibility index (Phi) is 3.98. The van der Waals surface area contributed by atoms with Crippen LogP contribution >= 0.6 is 22.7 Å². The van der Waals surface area contributed by atoms with Crippen LogP contribution in [0.25, 0.3) is 21.1 Å². The number of anilines is 1. The van der Waals surface area contributed by atoms with Crippen LogP contribution in [-0.2, 0) is 0 Å². The van der Waals surface area contributed by atoms with Crippen molar-refractivity contribution in [1.29, 1.82) is 0 Å². The maximum absolute atomic E-state index is 12.0. The van der Waals surface area contributed by atoms with Gasteiger partial charge in [0.05, 0.1) is 16.8 Å². The molecule has 118 valence electrons. The van der Waals surface area contributed by atoms with Gasteiger partial charge in [0.2, 0.25) is 0 Å². The third-order valence-corrected chi connectivity index (χ3v) is 5.20. The van der Waals surface area contributed by atoms with Crippen LogP contribution in [0.3, 0.4) is 0 Å². The van der Waals surface area contributed by atoms with E-state index < -0.39 is 0 Å². The van der Waals surface area contributed by atoms with Crippen LogP contribution in [0.5, 0.6) is 0 Å². The maximum atomic E-state index is 12.0. The van der Waals surface area contributed by atoms with Crippen LogP contribution in [-0.4, -0.2) is 10.9 Å². The molecule has 1 aromatic carbocycles. The molecule has 24 heavy (non-hydrogen) atoms. The van der Waals surface area contributed by atoms with Crippen LogP contribution in [0.4, 0.5) is 5.69 Å². The molecule has 1 N–H and O–H groups in total. The van der Waals surface area contributed by atoms with Crippen molar-refractivity contribution in [3.05, 3.63) is 71.3 Å². The van der Waals surface area contributed by atoms with Crippen molar-refractivity contribution in [2.45, 2.75) is 0 Å². The lowest BCUT2D eigenvalue weighted by molar-refractivity contribution is 0.0996. The van der Waals surface area contributed by atoms with Gasteiger partial charge < -0.3 is 9.73 Å². The molecule has 0 atom stereocenters. The van der Waals surface area contributed by atoms with Crippen molar-refractivity contribution < 1.29 is 9.21 Å². The minimum absolute atomic E-state index is 0.262. The summed E-state index contributed by atoms with van der Waals surface area (Å²) in [6.45, 7) is 0. The lowest BCUT2D eigenvalue weighted by Gasteiger charge is -2.04. The smallest absolute Gasteiger partial charge is 0.291 e. The van der Waals surface area contributed by atoms with Gasteiger partial charge in [-0.25, -0.2) is 4.98 Å². The summed E-state index contributed by atoms with van der Waals surface area (Å²) in [4.78, 5) is 17.8. The van der Waals surface area contributed by atoms with Crippen LogP contribution < -0.4 is 5.32 Å². The topological polar surface area (TPSA) is 55.1 Å². The average Bonchev–Trinajstić information content (AvgIpc) is 3.35. The molecule has 0 saturated heterocycles. The lowest BCUT2D eigenvalue weighted by Crippen LogP contribution is -2.10. The Morgan fingerprint density at radius 1 is 1.04 bits per heavy atom. The first kappa shape index (κ1) is 14.9. The second-order valence-electron chi connectivity index (χ2n) is 5.02. The van der Waals surface area contributed by atoms with E-state index in [4.69, 9.17) is 4.42 Å². The maximum Gasteiger partial charge on any atom is 0.291 e. The number of hydrogen-bond donors (Lipinski definition) is 1. The molecule has 4 nitrogen and oxygen atoms in total. The molecule has 0 aliphatic carbocycles. The van der Waals surface area contributed by atoms with E-state index in [1.165, 1.54) is 11.1 Å². The van der Waals surface area contributed by atoms with Crippen molar-refractivity contribution in [2.75, 3.05) is 5.32 Å². The van der Waals surface area contributed by atoms with Gasteiger partial charge in [0.15, 0.2) is 5.76 Å². The van der Waals surface area contributed by atoms with Crippen molar-refractivity contribution >= 4 is 34.3 Å². The van der Waals surface area contributed by atoms with Crippen LogP contribution in [0.15, 0.2) is 70.0 Å². The van der Waals surface area contributed by atoms with Crippen molar-refractivity contribution in [2.24, 2.45) is 0 Å². The summed E-state index contributed by atoms with van der Waals surface area (Å²) in [5.74, 6) is 0.0292. The van der Waals surface area contributed by atoms with Gasteiger partial charge in [-0.3, -0.25) is 4.79 Å². The number of benzene rings is 1. The third-order valence-electron chi connectivity index (χ3n) is 3.41. The van der Waals surface area contributed by atoms with Crippen molar-refractivity contribution in [3.8, 4) is 21.1 Å². The molecule has 0 aliphatic heterocycles. The number of thiazole rings is 1. The van der Waals surface area contributed by atoms with E-state index in [0.717, 1.165) is 22.0 Å². The summed E-state index contributed by atoms with van der Waals surface area (Å²) in [5.41, 5.74) is 2.74.